The molecule has 0 spiro atoms. The highest BCUT2D eigenvalue weighted by Crippen LogP contribution is 2.36. The lowest BCUT2D eigenvalue weighted by molar-refractivity contribution is 0.0152. The van der Waals surface area contributed by atoms with Gasteiger partial charge in [-0.2, -0.15) is 5.10 Å². The Bertz CT molecular complexity index is 815. The molecule has 0 atom stereocenters. The van der Waals surface area contributed by atoms with Crippen molar-refractivity contribution in [1.29, 1.82) is 0 Å². The molecule has 2 aromatic heterocycles. The van der Waals surface area contributed by atoms with Crippen LogP contribution in [-0.4, -0.2) is 14.8 Å². The second kappa shape index (κ2) is 5.94. The summed E-state index contributed by atoms with van der Waals surface area (Å²) in [5.74, 6) is -2.57. The van der Waals surface area contributed by atoms with Gasteiger partial charge in [-0.25, -0.2) is 18.4 Å². The van der Waals surface area contributed by atoms with Gasteiger partial charge in [0.1, 0.15) is 4.64 Å². The molecule has 0 unspecified atom stereocenters. The maximum absolute atomic E-state index is 13.7. The van der Waals surface area contributed by atoms with Gasteiger partial charge >= 0.3 is 0 Å². The summed E-state index contributed by atoms with van der Waals surface area (Å²) in [5, 5.41) is 4.73. The number of aryl methyl sites for hydroxylation is 3. The average Bonchev–Trinajstić information content (AvgIpc) is 2.37. The molecule has 2 rings (SSSR count). The van der Waals surface area contributed by atoms with Crippen LogP contribution in [0.25, 0.3) is 5.82 Å². The SMILES string of the molecule is Cc1cc(Cl)c(C)nc1-n1nc(C)c(C(C)(F)F)c(Br)c1=S. The van der Waals surface area contributed by atoms with Crippen LogP contribution in [0.2, 0.25) is 5.02 Å². The smallest absolute Gasteiger partial charge is 0.232 e. The van der Waals surface area contributed by atoms with E-state index < -0.39 is 5.92 Å². The van der Waals surface area contributed by atoms with Crippen molar-refractivity contribution in [1.82, 2.24) is 14.8 Å². The van der Waals surface area contributed by atoms with Crippen LogP contribution in [0.1, 0.15) is 29.4 Å². The van der Waals surface area contributed by atoms with Crippen molar-refractivity contribution in [3.63, 3.8) is 0 Å². The van der Waals surface area contributed by atoms with Crippen molar-refractivity contribution in [2.75, 3.05) is 0 Å². The van der Waals surface area contributed by atoms with Crippen LogP contribution >= 0.6 is 39.7 Å². The monoisotopic (exact) mass is 407 g/mol. The molecule has 0 saturated carbocycles. The summed E-state index contributed by atoms with van der Waals surface area (Å²) in [7, 11) is 0. The number of halogens is 4. The molecule has 0 N–H and O–H groups in total. The number of aromatic nitrogens is 3. The lowest BCUT2D eigenvalue weighted by Gasteiger charge is -2.18. The predicted octanol–water partition coefficient (Wildman–Crippen LogP) is 5.45. The van der Waals surface area contributed by atoms with E-state index in [1.54, 1.807) is 13.0 Å². The molecule has 0 bridgehead atoms. The molecule has 0 aromatic carbocycles. The molecular weight excluding hydrogens is 396 g/mol. The number of alkyl halides is 2. The Morgan fingerprint density at radius 3 is 2.41 bits per heavy atom. The predicted molar refractivity (Wildman–Crippen MR) is 88.7 cm³/mol. The lowest BCUT2D eigenvalue weighted by atomic mass is 10.1. The van der Waals surface area contributed by atoms with Crippen LogP contribution in [0, 0.1) is 25.4 Å². The van der Waals surface area contributed by atoms with Crippen LogP contribution in [0.5, 0.6) is 0 Å². The average molecular weight is 409 g/mol. The number of nitrogens with zero attached hydrogens (tertiary/aromatic N) is 3. The maximum Gasteiger partial charge on any atom is 0.273 e. The molecule has 0 amide bonds. The van der Waals surface area contributed by atoms with Gasteiger partial charge in [0.25, 0.3) is 5.92 Å². The normalized spacial score (nSPS) is 11.8. The standard InChI is InChI=1S/C14H13BrClF2N3S/c1-6-5-9(16)7(2)19-12(6)21-13(22)11(15)10(8(3)20-21)14(4,17)18/h5H,1-4H3. The topological polar surface area (TPSA) is 30.7 Å². The van der Waals surface area contributed by atoms with Crippen molar-refractivity contribution >= 4 is 39.7 Å². The Morgan fingerprint density at radius 1 is 1.27 bits per heavy atom. The van der Waals surface area contributed by atoms with Gasteiger partial charge in [-0.15, -0.1) is 0 Å². The van der Waals surface area contributed by atoms with Crippen LogP contribution in [0.15, 0.2) is 10.5 Å². The van der Waals surface area contributed by atoms with Gasteiger partial charge in [0, 0.05) is 6.92 Å². The van der Waals surface area contributed by atoms with Gasteiger partial charge in [0.05, 0.1) is 26.4 Å². The molecule has 0 aliphatic heterocycles. The molecule has 0 aliphatic carbocycles. The first-order chi connectivity index (χ1) is 10.0. The molecule has 3 nitrogen and oxygen atoms in total. The van der Waals surface area contributed by atoms with E-state index in [-0.39, 0.29) is 20.4 Å². The van der Waals surface area contributed by atoms with Gasteiger partial charge in [-0.05, 0) is 48.3 Å². The van der Waals surface area contributed by atoms with Crippen molar-refractivity contribution in [3.8, 4) is 5.82 Å². The molecule has 2 aromatic rings. The Balaban J connectivity index is 2.80. The summed E-state index contributed by atoms with van der Waals surface area (Å²) in [6, 6.07) is 1.74. The molecule has 22 heavy (non-hydrogen) atoms. The maximum atomic E-state index is 13.7. The molecule has 0 fully saturated rings. The number of hydrogen-bond donors (Lipinski definition) is 0. The van der Waals surface area contributed by atoms with Crippen LogP contribution in [0.4, 0.5) is 8.78 Å². The van der Waals surface area contributed by atoms with Crippen molar-refractivity contribution in [2.45, 2.75) is 33.6 Å². The summed E-state index contributed by atoms with van der Waals surface area (Å²) in [5.41, 5.74) is 1.34. The zero-order chi connectivity index (χ0) is 16.8. The van der Waals surface area contributed by atoms with Gasteiger partial charge in [0.15, 0.2) is 5.82 Å². The third kappa shape index (κ3) is 3.07. The molecule has 2 heterocycles. The van der Waals surface area contributed by atoms with E-state index >= 15 is 0 Å². The first-order valence-electron chi connectivity index (χ1n) is 6.36. The molecule has 0 saturated heterocycles. The highest BCUT2D eigenvalue weighted by atomic mass is 79.9. The van der Waals surface area contributed by atoms with E-state index in [1.165, 1.54) is 11.6 Å². The third-order valence-corrected chi connectivity index (χ3v) is 4.96. The van der Waals surface area contributed by atoms with E-state index in [1.807, 2.05) is 6.92 Å². The first kappa shape index (κ1) is 17.4. The zero-order valence-electron chi connectivity index (χ0n) is 12.3. The molecular formula is C14H13BrClF2N3S. The molecule has 0 radical (unpaired) electrons. The van der Waals surface area contributed by atoms with Crippen LogP contribution in [-0.2, 0) is 5.92 Å². The van der Waals surface area contributed by atoms with Gasteiger partial charge in [-0.3, -0.25) is 0 Å². The minimum Gasteiger partial charge on any atom is -0.232 e. The molecule has 118 valence electrons. The quantitative estimate of drug-likeness (QED) is 0.619. The minimum atomic E-state index is -3.04. The largest absolute Gasteiger partial charge is 0.273 e. The molecule has 0 aliphatic rings. The van der Waals surface area contributed by atoms with Gasteiger partial charge in [0.2, 0.25) is 0 Å². The van der Waals surface area contributed by atoms with E-state index in [2.05, 4.69) is 26.0 Å². The van der Waals surface area contributed by atoms with E-state index in [0.717, 1.165) is 12.5 Å². The van der Waals surface area contributed by atoms with E-state index in [4.69, 9.17) is 23.8 Å². The summed E-state index contributed by atoms with van der Waals surface area (Å²) in [4.78, 5) is 4.37. The van der Waals surface area contributed by atoms with Crippen LogP contribution in [0.3, 0.4) is 0 Å². The van der Waals surface area contributed by atoms with Crippen molar-refractivity contribution < 1.29 is 8.78 Å². The Kier molecular flexibility index (Phi) is 4.71. The third-order valence-electron chi connectivity index (χ3n) is 3.17. The highest BCUT2D eigenvalue weighted by Gasteiger charge is 2.31. The Hall–Kier alpha value is -0.920. The first-order valence-corrected chi connectivity index (χ1v) is 7.93. The zero-order valence-corrected chi connectivity index (χ0v) is 15.5. The summed E-state index contributed by atoms with van der Waals surface area (Å²) >= 11 is 14.5. The summed E-state index contributed by atoms with van der Waals surface area (Å²) in [6.45, 7) is 5.89. The highest BCUT2D eigenvalue weighted by molar-refractivity contribution is 9.10. The minimum absolute atomic E-state index is 0.138. The van der Waals surface area contributed by atoms with Crippen molar-refractivity contribution in [3.05, 3.63) is 42.7 Å². The summed E-state index contributed by atoms with van der Waals surface area (Å²) in [6.07, 6.45) is 0. The Morgan fingerprint density at radius 2 is 1.86 bits per heavy atom. The number of pyridine rings is 1. The van der Waals surface area contributed by atoms with Crippen molar-refractivity contribution in [2.24, 2.45) is 0 Å². The Labute approximate surface area is 145 Å². The second-order valence-electron chi connectivity index (χ2n) is 5.08. The lowest BCUT2D eigenvalue weighted by Crippen LogP contribution is -2.17. The fourth-order valence-electron chi connectivity index (χ4n) is 2.13. The fraction of sp³-hybridized carbons (Fsp3) is 0.357. The second-order valence-corrected chi connectivity index (χ2v) is 6.66. The van der Waals surface area contributed by atoms with Gasteiger partial charge in [-0.1, -0.05) is 23.8 Å². The van der Waals surface area contributed by atoms with E-state index in [9.17, 15) is 8.78 Å². The fourth-order valence-corrected chi connectivity index (χ4v) is 3.37. The van der Waals surface area contributed by atoms with Gasteiger partial charge < -0.3 is 0 Å². The number of rotatable bonds is 2. The number of hydrogen-bond acceptors (Lipinski definition) is 3. The summed E-state index contributed by atoms with van der Waals surface area (Å²) < 4.78 is 29.1. The van der Waals surface area contributed by atoms with E-state index in [0.29, 0.717) is 16.5 Å². The molecule has 8 heteroatoms. The van der Waals surface area contributed by atoms with Crippen LogP contribution < -0.4 is 0 Å².